The number of nitrogens with zero attached hydrogens (tertiary/aromatic N) is 4. The van der Waals surface area contributed by atoms with Crippen molar-refractivity contribution in [1.82, 2.24) is 25.0 Å². The maximum atomic E-state index is 14.7. The van der Waals surface area contributed by atoms with Crippen LogP contribution in [0.25, 0.3) is 5.70 Å². The summed E-state index contributed by atoms with van der Waals surface area (Å²) >= 11 is 6.24. The number of hydrogen-bond donors (Lipinski definition) is 3. The van der Waals surface area contributed by atoms with Crippen LogP contribution < -0.4 is 5.32 Å². The van der Waals surface area contributed by atoms with Crippen molar-refractivity contribution in [2.24, 2.45) is 5.41 Å². The molecule has 3 aliphatic heterocycles. The first-order valence-electron chi connectivity index (χ1n) is 13.7. The van der Waals surface area contributed by atoms with Crippen molar-refractivity contribution in [1.29, 1.82) is 0 Å². The summed E-state index contributed by atoms with van der Waals surface area (Å²) in [7, 11) is 1.31. The van der Waals surface area contributed by atoms with Crippen LogP contribution in [0.2, 0.25) is 0 Å². The van der Waals surface area contributed by atoms with E-state index in [0.29, 0.717) is 66.8 Å². The van der Waals surface area contributed by atoms with E-state index in [1.165, 1.54) is 31.4 Å². The van der Waals surface area contributed by atoms with Crippen molar-refractivity contribution in [3.63, 3.8) is 0 Å². The Hall–Kier alpha value is -2.84. The lowest BCUT2D eigenvalue weighted by molar-refractivity contribution is -0.148. The maximum Gasteiger partial charge on any atom is 0.336 e. The number of piperazine rings is 1. The Kier molecular flexibility index (Phi) is 8.77. The van der Waals surface area contributed by atoms with E-state index in [9.17, 15) is 23.5 Å². The summed E-state index contributed by atoms with van der Waals surface area (Å²) < 4.78 is 34.0. The minimum Gasteiger partial charge on any atom is -0.481 e. The number of halogens is 2. The number of nitrogens with one attached hydrogen (secondary N) is 1. The average molecular weight is 620 g/mol. The van der Waals surface area contributed by atoms with Gasteiger partial charge in [-0.2, -0.15) is 0 Å². The van der Waals surface area contributed by atoms with Crippen molar-refractivity contribution < 1.29 is 28.2 Å². The predicted octanol–water partition coefficient (Wildman–Crippen LogP) is 3.51. The van der Waals surface area contributed by atoms with Crippen molar-refractivity contribution in [2.45, 2.75) is 38.2 Å². The number of benzene rings is 1. The number of ether oxygens (including phenoxy) is 1. The molecule has 2 saturated heterocycles. The van der Waals surface area contributed by atoms with E-state index in [4.69, 9.17) is 17.4 Å². The molecule has 9 nitrogen and oxygen atoms in total. The fourth-order valence-corrected chi connectivity index (χ4v) is 7.09. The van der Waals surface area contributed by atoms with Crippen LogP contribution in [-0.4, -0.2) is 94.6 Å². The highest BCUT2D eigenvalue weighted by molar-refractivity contribution is 7.80. The van der Waals surface area contributed by atoms with E-state index in [1.807, 2.05) is 11.5 Å². The number of carboxylic acid groups (broad SMARTS) is 1. The number of esters is 1. The molecule has 0 amide bonds. The lowest BCUT2D eigenvalue weighted by atomic mass is 9.84. The molecule has 1 aromatic heterocycles. The first-order chi connectivity index (χ1) is 19.9. The van der Waals surface area contributed by atoms with Gasteiger partial charge in [0.25, 0.3) is 0 Å². The molecule has 0 spiro atoms. The largest absolute Gasteiger partial charge is 0.481 e. The topological polar surface area (TPSA) is 98.2 Å². The number of aromatic nitrogens is 1. The third kappa shape index (κ3) is 5.85. The fraction of sp³-hybridized carbons (Fsp3) is 0.483. The quantitative estimate of drug-likeness (QED) is 0.303. The van der Waals surface area contributed by atoms with Crippen LogP contribution in [0.4, 0.5) is 8.78 Å². The van der Waals surface area contributed by atoms with Gasteiger partial charge in [-0.15, -0.1) is 24.0 Å². The van der Waals surface area contributed by atoms with E-state index in [2.05, 4.69) is 25.0 Å². The lowest BCUT2D eigenvalue weighted by Gasteiger charge is -2.40. The van der Waals surface area contributed by atoms with Crippen LogP contribution in [0.3, 0.4) is 0 Å². The molecule has 0 bridgehead atoms. The van der Waals surface area contributed by atoms with Gasteiger partial charge in [-0.1, -0.05) is 6.07 Å². The molecule has 3 atom stereocenters. The normalized spacial score (nSPS) is 23.9. The molecule has 3 unspecified atom stereocenters. The summed E-state index contributed by atoms with van der Waals surface area (Å²) in [5.74, 6) is -4.00. The second kappa shape index (κ2) is 12.0. The minimum absolute atomic E-state index is 0.120. The number of aliphatic carboxylic acids is 1. The molecule has 2 N–H and O–H groups in total. The highest BCUT2D eigenvalue weighted by Crippen LogP contribution is 2.39. The molecular formula is C29H35F2N5O4S2. The first kappa shape index (κ1) is 30.6. The molecular weight excluding hydrogens is 584 g/mol. The number of thiol groups is 1. The standard InChI is InChI=1S/C29H35F2N5O4S2/c1-16-18(5-6-20(30)24(16)31)19-11-21(25-32-7-10-42-25)33-22(23(19)26(37)40-4)14-34-8-9-36-17(12-34)13-35(28(36)41)15-29(2,3)27(38)39/h5-7,10-11,17,19,28,33,41H,8-9,12-15H2,1-4H3,(H,38,39). The van der Waals surface area contributed by atoms with Crippen LogP contribution >= 0.6 is 24.0 Å². The number of rotatable bonds is 8. The maximum absolute atomic E-state index is 14.7. The number of thiazole rings is 1. The van der Waals surface area contributed by atoms with Crippen molar-refractivity contribution in [3.8, 4) is 0 Å². The van der Waals surface area contributed by atoms with E-state index < -0.39 is 34.9 Å². The zero-order chi connectivity index (χ0) is 30.3. The monoisotopic (exact) mass is 619 g/mol. The summed E-state index contributed by atoms with van der Waals surface area (Å²) in [6.45, 7) is 8.44. The number of carbonyl (C=O) groups is 2. The highest BCUT2D eigenvalue weighted by atomic mass is 32.1. The summed E-state index contributed by atoms with van der Waals surface area (Å²) in [5.41, 5.74) is 1.12. The van der Waals surface area contributed by atoms with Crippen molar-refractivity contribution in [2.75, 3.05) is 46.4 Å². The number of fused-ring (bicyclic) bond motifs is 1. The third-order valence-corrected chi connectivity index (χ3v) is 9.71. The molecule has 0 saturated carbocycles. The smallest absolute Gasteiger partial charge is 0.336 e. The molecule has 2 fully saturated rings. The molecule has 2 aromatic rings. The molecule has 4 heterocycles. The van der Waals surface area contributed by atoms with Crippen LogP contribution in [0.5, 0.6) is 0 Å². The molecule has 1 aromatic carbocycles. The van der Waals surface area contributed by atoms with Gasteiger partial charge in [0, 0.05) is 68.5 Å². The van der Waals surface area contributed by atoms with Gasteiger partial charge >= 0.3 is 11.9 Å². The number of methoxy groups -OCH3 is 1. The SMILES string of the molecule is COC(=O)C1=C(CN2CCN3C(C2)CN(CC(C)(C)C(=O)O)C3S)NC(c2nccs2)=CC1c1ccc(F)c(F)c1C. The first-order valence-corrected chi connectivity index (χ1v) is 15.1. The van der Waals surface area contributed by atoms with Crippen LogP contribution in [-0.2, 0) is 14.3 Å². The molecule has 0 aliphatic carbocycles. The van der Waals surface area contributed by atoms with E-state index >= 15 is 0 Å². The Labute approximate surface area is 253 Å². The van der Waals surface area contributed by atoms with Crippen LogP contribution in [0.1, 0.15) is 35.9 Å². The summed E-state index contributed by atoms with van der Waals surface area (Å²) in [5, 5.41) is 15.6. The van der Waals surface area contributed by atoms with Gasteiger partial charge in [-0.25, -0.2) is 18.6 Å². The second-order valence-electron chi connectivity index (χ2n) is 11.6. The molecule has 226 valence electrons. The minimum atomic E-state index is -0.949. The zero-order valence-electron chi connectivity index (χ0n) is 23.9. The summed E-state index contributed by atoms with van der Waals surface area (Å²) in [4.78, 5) is 36.1. The van der Waals surface area contributed by atoms with Gasteiger partial charge in [0.05, 0.1) is 23.8 Å². The Bertz CT molecular complexity index is 1430. The molecule has 0 radical (unpaired) electrons. The van der Waals surface area contributed by atoms with Gasteiger partial charge in [-0.05, 0) is 44.0 Å². The average Bonchev–Trinajstić information content (AvgIpc) is 3.59. The number of dihydropyridines is 1. The van der Waals surface area contributed by atoms with Crippen molar-refractivity contribution >= 4 is 41.6 Å². The van der Waals surface area contributed by atoms with Crippen molar-refractivity contribution in [3.05, 3.63) is 68.8 Å². The van der Waals surface area contributed by atoms with Gasteiger partial charge in [0.15, 0.2) is 11.6 Å². The fourth-order valence-electron chi connectivity index (χ4n) is 5.99. The summed E-state index contributed by atoms with van der Waals surface area (Å²) in [6.07, 6.45) is 3.50. The number of carboxylic acids is 1. The Balaban J connectivity index is 1.45. The molecule has 3 aliphatic rings. The molecule has 42 heavy (non-hydrogen) atoms. The molecule has 5 rings (SSSR count). The van der Waals surface area contributed by atoms with Crippen LogP contribution in [0.15, 0.2) is 41.1 Å². The molecule has 13 heteroatoms. The number of hydrogen-bond acceptors (Lipinski definition) is 10. The predicted molar refractivity (Wildman–Crippen MR) is 159 cm³/mol. The van der Waals surface area contributed by atoms with Gasteiger partial charge in [0.2, 0.25) is 0 Å². The van der Waals surface area contributed by atoms with E-state index in [0.717, 1.165) is 6.07 Å². The Morgan fingerprint density at radius 3 is 2.69 bits per heavy atom. The highest BCUT2D eigenvalue weighted by Gasteiger charge is 2.44. The summed E-state index contributed by atoms with van der Waals surface area (Å²) in [6, 6.07) is 2.71. The van der Waals surface area contributed by atoms with Gasteiger partial charge in [0.1, 0.15) is 10.5 Å². The van der Waals surface area contributed by atoms with E-state index in [-0.39, 0.29) is 17.1 Å². The Morgan fingerprint density at radius 2 is 2.02 bits per heavy atom. The van der Waals surface area contributed by atoms with Crippen LogP contribution in [0, 0.1) is 24.0 Å². The third-order valence-electron chi connectivity index (χ3n) is 8.28. The van der Waals surface area contributed by atoms with Gasteiger partial charge in [-0.3, -0.25) is 19.5 Å². The Morgan fingerprint density at radius 1 is 1.26 bits per heavy atom. The zero-order valence-corrected chi connectivity index (χ0v) is 25.6. The number of carbonyl (C=O) groups excluding carboxylic acids is 1. The number of allylic oxidation sites excluding steroid dienone is 1. The van der Waals surface area contributed by atoms with Gasteiger partial charge < -0.3 is 15.2 Å². The lowest BCUT2D eigenvalue weighted by Crippen LogP contribution is -2.53. The van der Waals surface area contributed by atoms with E-state index in [1.54, 1.807) is 20.0 Å². The second-order valence-corrected chi connectivity index (χ2v) is 12.9.